The van der Waals surface area contributed by atoms with Crippen LogP contribution in [0.15, 0.2) is 24.3 Å². The van der Waals surface area contributed by atoms with Crippen molar-refractivity contribution in [2.75, 3.05) is 6.54 Å². The first-order valence-electron chi connectivity index (χ1n) is 6.67. The number of aliphatic hydroxyl groups excluding tert-OH is 1. The van der Waals surface area contributed by atoms with Crippen LogP contribution < -0.4 is 5.32 Å². The molecule has 0 aromatic heterocycles. The Balaban J connectivity index is 2.53. The average molecular weight is 284 g/mol. The third-order valence-corrected chi connectivity index (χ3v) is 3.99. The van der Waals surface area contributed by atoms with Gasteiger partial charge in [-0.2, -0.15) is 0 Å². The molecule has 0 bridgehead atoms. The highest BCUT2D eigenvalue weighted by Crippen LogP contribution is 2.22. The molecular weight excluding hydrogens is 262 g/mol. The summed E-state index contributed by atoms with van der Waals surface area (Å²) in [5.74, 6) is 0.251. The summed E-state index contributed by atoms with van der Waals surface area (Å²) in [5, 5.41) is 13.3. The van der Waals surface area contributed by atoms with Crippen molar-refractivity contribution in [1.82, 2.24) is 5.32 Å². The zero-order valence-corrected chi connectivity index (χ0v) is 12.4. The van der Waals surface area contributed by atoms with Crippen molar-refractivity contribution < 1.29 is 9.90 Å². The van der Waals surface area contributed by atoms with Gasteiger partial charge in [-0.1, -0.05) is 57.0 Å². The van der Waals surface area contributed by atoms with E-state index >= 15 is 0 Å². The van der Waals surface area contributed by atoms with Crippen LogP contribution in [0.25, 0.3) is 0 Å². The lowest BCUT2D eigenvalue weighted by atomic mass is 9.93. The summed E-state index contributed by atoms with van der Waals surface area (Å²) in [6, 6.07) is 7.11. The van der Waals surface area contributed by atoms with Gasteiger partial charge in [0.05, 0.1) is 6.10 Å². The van der Waals surface area contributed by atoms with Crippen molar-refractivity contribution >= 4 is 17.5 Å². The van der Waals surface area contributed by atoms with E-state index < -0.39 is 6.10 Å². The Morgan fingerprint density at radius 2 is 2.00 bits per heavy atom. The number of halogens is 1. The maximum absolute atomic E-state index is 11.9. The van der Waals surface area contributed by atoms with Crippen LogP contribution in [0.4, 0.5) is 0 Å². The minimum absolute atomic E-state index is 0.0274. The van der Waals surface area contributed by atoms with Gasteiger partial charge in [-0.3, -0.25) is 4.79 Å². The van der Waals surface area contributed by atoms with Crippen molar-refractivity contribution in [3.63, 3.8) is 0 Å². The van der Waals surface area contributed by atoms with E-state index in [9.17, 15) is 9.90 Å². The smallest absolute Gasteiger partial charge is 0.223 e. The molecule has 1 aromatic rings. The molecule has 0 radical (unpaired) electrons. The van der Waals surface area contributed by atoms with Gasteiger partial charge >= 0.3 is 0 Å². The highest BCUT2D eigenvalue weighted by Gasteiger charge is 2.20. The summed E-state index contributed by atoms with van der Waals surface area (Å²) in [6.07, 6.45) is 0.184. The number of hydrogen-bond acceptors (Lipinski definition) is 2. The molecule has 0 saturated carbocycles. The second kappa shape index (κ2) is 7.51. The number of aliphatic hydroxyl groups is 1. The predicted octanol–water partition coefficient (Wildman–Crippen LogP) is 3.17. The van der Waals surface area contributed by atoms with E-state index in [0.717, 1.165) is 6.42 Å². The number of amides is 1. The summed E-state index contributed by atoms with van der Waals surface area (Å²) >= 11 is 6.00. The third kappa shape index (κ3) is 4.51. The van der Waals surface area contributed by atoms with E-state index in [1.165, 1.54) is 0 Å². The zero-order chi connectivity index (χ0) is 14.4. The monoisotopic (exact) mass is 283 g/mol. The lowest BCUT2D eigenvalue weighted by Gasteiger charge is -2.19. The molecule has 0 heterocycles. The molecular formula is C15H22ClNO2. The van der Waals surface area contributed by atoms with Crippen molar-refractivity contribution in [3.05, 3.63) is 34.9 Å². The zero-order valence-electron chi connectivity index (χ0n) is 11.7. The first kappa shape index (κ1) is 16.0. The van der Waals surface area contributed by atoms with Gasteiger partial charge in [0.25, 0.3) is 0 Å². The minimum atomic E-state index is -0.776. The molecule has 0 saturated heterocycles. The Labute approximate surface area is 120 Å². The van der Waals surface area contributed by atoms with Crippen molar-refractivity contribution in [1.29, 1.82) is 0 Å². The van der Waals surface area contributed by atoms with Crippen LogP contribution in [0.5, 0.6) is 0 Å². The summed E-state index contributed by atoms with van der Waals surface area (Å²) in [7, 11) is 0. The van der Waals surface area contributed by atoms with E-state index in [0.29, 0.717) is 16.5 Å². The molecule has 3 atom stereocenters. The molecule has 3 unspecified atom stereocenters. The Bertz CT molecular complexity index is 422. The summed E-state index contributed by atoms with van der Waals surface area (Å²) in [4.78, 5) is 11.9. The van der Waals surface area contributed by atoms with E-state index in [-0.39, 0.29) is 18.4 Å². The number of nitrogens with one attached hydrogen (secondary N) is 1. The molecule has 0 aliphatic rings. The number of rotatable bonds is 6. The maximum atomic E-state index is 11.9. The molecule has 0 aliphatic carbocycles. The molecule has 106 valence electrons. The lowest BCUT2D eigenvalue weighted by molar-refractivity contribution is -0.126. The van der Waals surface area contributed by atoms with Crippen LogP contribution in [0.1, 0.15) is 38.9 Å². The third-order valence-electron chi connectivity index (χ3n) is 3.64. The number of benzene rings is 1. The largest absolute Gasteiger partial charge is 0.387 e. The second-order valence-corrected chi connectivity index (χ2v) is 5.36. The minimum Gasteiger partial charge on any atom is -0.387 e. The van der Waals surface area contributed by atoms with Crippen LogP contribution in [0.3, 0.4) is 0 Å². The predicted molar refractivity (Wildman–Crippen MR) is 78.0 cm³/mol. The van der Waals surface area contributed by atoms with Crippen LogP contribution in [0.2, 0.25) is 5.02 Å². The van der Waals surface area contributed by atoms with E-state index in [1.807, 2.05) is 19.1 Å². The fraction of sp³-hybridized carbons (Fsp3) is 0.533. The maximum Gasteiger partial charge on any atom is 0.223 e. The lowest BCUT2D eigenvalue weighted by Crippen LogP contribution is -2.35. The summed E-state index contributed by atoms with van der Waals surface area (Å²) < 4.78 is 0. The standard InChI is InChI=1S/C15H22ClNO2/c1-4-10(2)11(3)15(19)17-9-14(18)12-7-5-6-8-13(12)16/h5-8,10-11,14,18H,4,9H2,1-3H3,(H,17,19). The van der Waals surface area contributed by atoms with Gasteiger partial charge in [-0.15, -0.1) is 0 Å². The van der Waals surface area contributed by atoms with Gasteiger partial charge in [0.1, 0.15) is 0 Å². The highest BCUT2D eigenvalue weighted by molar-refractivity contribution is 6.31. The van der Waals surface area contributed by atoms with Gasteiger partial charge in [0, 0.05) is 23.0 Å². The van der Waals surface area contributed by atoms with Gasteiger partial charge < -0.3 is 10.4 Å². The molecule has 2 N–H and O–H groups in total. The number of carbonyl (C=O) groups is 1. The molecule has 3 nitrogen and oxygen atoms in total. The van der Waals surface area contributed by atoms with Crippen molar-refractivity contribution in [2.45, 2.75) is 33.3 Å². The summed E-state index contributed by atoms with van der Waals surface area (Å²) in [5.41, 5.74) is 0.639. The van der Waals surface area contributed by atoms with E-state index in [2.05, 4.69) is 19.2 Å². The fourth-order valence-electron chi connectivity index (χ4n) is 1.83. The topological polar surface area (TPSA) is 49.3 Å². The van der Waals surface area contributed by atoms with Gasteiger partial charge in [0.15, 0.2) is 0 Å². The molecule has 1 rings (SSSR count). The summed E-state index contributed by atoms with van der Waals surface area (Å²) in [6.45, 7) is 6.20. The van der Waals surface area contributed by atoms with E-state index in [1.54, 1.807) is 12.1 Å². The second-order valence-electron chi connectivity index (χ2n) is 4.96. The molecule has 19 heavy (non-hydrogen) atoms. The Hall–Kier alpha value is -1.06. The normalized spacial score (nSPS) is 15.6. The first-order chi connectivity index (χ1) is 8.97. The van der Waals surface area contributed by atoms with Crippen LogP contribution in [-0.4, -0.2) is 17.6 Å². The van der Waals surface area contributed by atoms with Gasteiger partial charge in [0.2, 0.25) is 5.91 Å². The van der Waals surface area contributed by atoms with Crippen LogP contribution >= 0.6 is 11.6 Å². The Morgan fingerprint density at radius 1 is 1.37 bits per heavy atom. The number of hydrogen-bond donors (Lipinski definition) is 2. The molecule has 0 spiro atoms. The average Bonchev–Trinajstić information content (AvgIpc) is 2.43. The van der Waals surface area contributed by atoms with Crippen LogP contribution in [-0.2, 0) is 4.79 Å². The Kier molecular flexibility index (Phi) is 6.32. The molecule has 0 fully saturated rings. The first-order valence-corrected chi connectivity index (χ1v) is 7.05. The van der Waals surface area contributed by atoms with Crippen LogP contribution in [0, 0.1) is 11.8 Å². The molecule has 4 heteroatoms. The van der Waals surface area contributed by atoms with Gasteiger partial charge in [-0.25, -0.2) is 0 Å². The fourth-order valence-corrected chi connectivity index (χ4v) is 2.09. The van der Waals surface area contributed by atoms with Gasteiger partial charge in [-0.05, 0) is 12.0 Å². The quantitative estimate of drug-likeness (QED) is 0.842. The SMILES string of the molecule is CCC(C)C(C)C(=O)NCC(O)c1ccccc1Cl. The van der Waals surface area contributed by atoms with Crippen molar-refractivity contribution in [3.8, 4) is 0 Å². The molecule has 1 amide bonds. The van der Waals surface area contributed by atoms with E-state index in [4.69, 9.17) is 11.6 Å². The highest BCUT2D eigenvalue weighted by atomic mass is 35.5. The number of carbonyl (C=O) groups excluding carboxylic acids is 1. The molecule has 0 aliphatic heterocycles. The Morgan fingerprint density at radius 3 is 2.58 bits per heavy atom. The van der Waals surface area contributed by atoms with Crippen molar-refractivity contribution in [2.24, 2.45) is 11.8 Å². The molecule has 1 aromatic carbocycles.